The fourth-order valence-electron chi connectivity index (χ4n) is 0.618. The average Bonchev–Trinajstić information content (AvgIpc) is 1.94. The molecule has 0 saturated heterocycles. The highest BCUT2D eigenvalue weighted by Gasteiger charge is 2.06. The molecule has 0 amide bonds. The van der Waals surface area contributed by atoms with Gasteiger partial charge in [0, 0.05) is 0 Å². The van der Waals surface area contributed by atoms with Crippen LogP contribution in [-0.4, -0.2) is 6.04 Å². The van der Waals surface area contributed by atoms with Crippen LogP contribution in [0.2, 0.25) is 5.02 Å². The normalized spacial score (nSPS) is 9.73. The zero-order chi connectivity index (χ0) is 8.43. The van der Waals surface area contributed by atoms with Crippen LogP contribution in [0.15, 0.2) is 18.2 Å². The Morgan fingerprint density at radius 3 is 2.55 bits per heavy atom. The van der Waals surface area contributed by atoms with Gasteiger partial charge in [0.2, 0.25) is 0 Å². The Morgan fingerprint density at radius 2 is 2.09 bits per heavy atom. The van der Waals surface area contributed by atoms with Crippen LogP contribution in [0.5, 0.6) is 0 Å². The lowest BCUT2D eigenvalue weighted by atomic mass is 10.2. The number of halogens is 3. The smallest absolute Gasteiger partial charge is 0.255 e. The molecular formula is C7H3ClF2O. The molecule has 0 saturated carbocycles. The Balaban J connectivity index is 3.15. The Bertz CT molecular complexity index is 298. The van der Waals surface area contributed by atoms with Crippen molar-refractivity contribution in [2.75, 3.05) is 0 Å². The molecule has 1 aromatic rings. The summed E-state index contributed by atoms with van der Waals surface area (Å²) in [7, 11) is 0. The van der Waals surface area contributed by atoms with Gasteiger partial charge in [-0.3, -0.25) is 4.79 Å². The summed E-state index contributed by atoms with van der Waals surface area (Å²) < 4.78 is 24.3. The van der Waals surface area contributed by atoms with Gasteiger partial charge in [-0.05, 0) is 18.2 Å². The zero-order valence-corrected chi connectivity index (χ0v) is 6.03. The van der Waals surface area contributed by atoms with E-state index in [1.807, 2.05) is 0 Å². The molecule has 0 bridgehead atoms. The number of benzene rings is 1. The molecule has 0 heterocycles. The van der Waals surface area contributed by atoms with Crippen molar-refractivity contribution in [2.24, 2.45) is 0 Å². The topological polar surface area (TPSA) is 17.1 Å². The lowest BCUT2D eigenvalue weighted by Gasteiger charge is -1.94. The van der Waals surface area contributed by atoms with Crippen molar-refractivity contribution in [3.8, 4) is 0 Å². The predicted octanol–water partition coefficient (Wildman–Crippen LogP) is 2.59. The second-order valence-electron chi connectivity index (χ2n) is 1.90. The van der Waals surface area contributed by atoms with Crippen molar-refractivity contribution in [1.29, 1.82) is 0 Å². The summed E-state index contributed by atoms with van der Waals surface area (Å²) in [5.41, 5.74) is -0.239. The highest BCUT2D eigenvalue weighted by Crippen LogP contribution is 2.16. The monoisotopic (exact) mass is 176 g/mol. The summed E-state index contributed by atoms with van der Waals surface area (Å²) in [6.45, 7) is 0. The molecule has 0 radical (unpaired) electrons. The molecule has 1 aromatic carbocycles. The van der Waals surface area contributed by atoms with Crippen molar-refractivity contribution >= 4 is 17.6 Å². The zero-order valence-electron chi connectivity index (χ0n) is 5.27. The van der Waals surface area contributed by atoms with Crippen LogP contribution in [-0.2, 0) is 0 Å². The average molecular weight is 177 g/mol. The summed E-state index contributed by atoms with van der Waals surface area (Å²) in [5, 5.41) is -0.256. The van der Waals surface area contributed by atoms with Crippen LogP contribution in [0.3, 0.4) is 0 Å². The highest BCUT2D eigenvalue weighted by atomic mass is 35.5. The molecule has 0 aromatic heterocycles. The maximum atomic E-state index is 12.4. The third-order valence-corrected chi connectivity index (χ3v) is 1.44. The first-order valence-electron chi connectivity index (χ1n) is 2.76. The van der Waals surface area contributed by atoms with Gasteiger partial charge in [-0.2, -0.15) is 4.39 Å². The molecule has 0 spiro atoms. The maximum absolute atomic E-state index is 12.4. The highest BCUT2D eigenvalue weighted by molar-refractivity contribution is 6.31. The van der Waals surface area contributed by atoms with Crippen LogP contribution in [0.4, 0.5) is 8.78 Å². The SMILES string of the molecule is O=C(F)c1ccc(F)c(Cl)c1. The van der Waals surface area contributed by atoms with Gasteiger partial charge in [-0.15, -0.1) is 0 Å². The van der Waals surface area contributed by atoms with E-state index in [1.54, 1.807) is 0 Å². The third kappa shape index (κ3) is 1.74. The Hall–Kier alpha value is -0.960. The second-order valence-corrected chi connectivity index (χ2v) is 2.31. The van der Waals surface area contributed by atoms with Crippen molar-refractivity contribution in [3.05, 3.63) is 34.6 Å². The van der Waals surface area contributed by atoms with Gasteiger partial charge in [0.25, 0.3) is 0 Å². The quantitative estimate of drug-likeness (QED) is 0.601. The third-order valence-electron chi connectivity index (χ3n) is 1.15. The molecule has 0 fully saturated rings. The number of carbonyl (C=O) groups excluding carboxylic acids is 1. The largest absolute Gasteiger partial charge is 0.332 e. The predicted molar refractivity (Wildman–Crippen MR) is 36.8 cm³/mol. The molecule has 0 aliphatic heterocycles. The fourth-order valence-corrected chi connectivity index (χ4v) is 0.799. The van der Waals surface area contributed by atoms with Gasteiger partial charge in [-0.25, -0.2) is 4.39 Å². The molecule has 1 rings (SSSR count). The molecule has 0 unspecified atom stereocenters. The van der Waals surface area contributed by atoms with Crippen LogP contribution >= 0.6 is 11.6 Å². The summed E-state index contributed by atoms with van der Waals surface area (Å²) >= 11 is 5.26. The van der Waals surface area contributed by atoms with Gasteiger partial charge < -0.3 is 0 Å². The molecule has 1 nitrogen and oxygen atoms in total. The number of hydrogen-bond acceptors (Lipinski definition) is 1. The summed E-state index contributed by atoms with van der Waals surface area (Å²) in [4.78, 5) is 10.1. The number of hydrogen-bond donors (Lipinski definition) is 0. The molecule has 0 N–H and O–H groups in total. The minimum absolute atomic E-state index is 0.239. The van der Waals surface area contributed by atoms with Crippen LogP contribution in [0.25, 0.3) is 0 Å². The van der Waals surface area contributed by atoms with E-state index in [-0.39, 0.29) is 10.6 Å². The minimum atomic E-state index is -1.62. The van der Waals surface area contributed by atoms with Crippen LogP contribution < -0.4 is 0 Å². The van der Waals surface area contributed by atoms with E-state index in [2.05, 4.69) is 0 Å². The van der Waals surface area contributed by atoms with Gasteiger partial charge in [0.15, 0.2) is 0 Å². The van der Waals surface area contributed by atoms with Crippen molar-refractivity contribution < 1.29 is 13.6 Å². The molecule has 0 aliphatic carbocycles. The number of carbonyl (C=O) groups is 1. The van der Waals surface area contributed by atoms with Gasteiger partial charge >= 0.3 is 6.04 Å². The minimum Gasteiger partial charge on any atom is -0.255 e. The van der Waals surface area contributed by atoms with Crippen molar-refractivity contribution in [3.63, 3.8) is 0 Å². The van der Waals surface area contributed by atoms with Gasteiger partial charge in [0.05, 0.1) is 10.6 Å². The standard InChI is InChI=1S/C7H3ClF2O/c8-5-3-4(7(10)11)1-2-6(5)9/h1-3H. The van der Waals surface area contributed by atoms with Gasteiger partial charge in [-0.1, -0.05) is 11.6 Å². The lowest BCUT2D eigenvalue weighted by molar-refractivity contribution is 0.0836. The Kier molecular flexibility index (Phi) is 2.19. The molecule has 4 heteroatoms. The van der Waals surface area contributed by atoms with E-state index < -0.39 is 11.9 Å². The first-order valence-corrected chi connectivity index (χ1v) is 3.14. The van der Waals surface area contributed by atoms with E-state index >= 15 is 0 Å². The number of rotatable bonds is 1. The van der Waals surface area contributed by atoms with Gasteiger partial charge in [0.1, 0.15) is 5.82 Å². The van der Waals surface area contributed by atoms with Crippen LogP contribution in [0, 0.1) is 5.82 Å². The van der Waals surface area contributed by atoms with E-state index in [4.69, 9.17) is 11.6 Å². The van der Waals surface area contributed by atoms with E-state index in [1.165, 1.54) is 0 Å². The van der Waals surface area contributed by atoms with E-state index in [0.29, 0.717) is 0 Å². The summed E-state index contributed by atoms with van der Waals surface area (Å²) in [6, 6.07) is 1.30. The fraction of sp³-hybridized carbons (Fsp3) is 0. The Morgan fingerprint density at radius 1 is 1.45 bits per heavy atom. The van der Waals surface area contributed by atoms with E-state index in [0.717, 1.165) is 18.2 Å². The summed E-state index contributed by atoms with van der Waals surface area (Å²) in [6.07, 6.45) is 0. The molecule has 58 valence electrons. The lowest BCUT2D eigenvalue weighted by Crippen LogP contribution is -1.90. The Labute approximate surface area is 66.6 Å². The maximum Gasteiger partial charge on any atom is 0.332 e. The molecular weight excluding hydrogens is 174 g/mol. The molecule has 0 aliphatic rings. The molecule has 0 atom stereocenters. The van der Waals surface area contributed by atoms with Crippen LogP contribution in [0.1, 0.15) is 10.4 Å². The first kappa shape index (κ1) is 8.14. The second kappa shape index (κ2) is 2.96. The van der Waals surface area contributed by atoms with E-state index in [9.17, 15) is 13.6 Å². The van der Waals surface area contributed by atoms with Crippen molar-refractivity contribution in [2.45, 2.75) is 0 Å². The first-order chi connectivity index (χ1) is 5.11. The molecule has 11 heavy (non-hydrogen) atoms. The van der Waals surface area contributed by atoms with Crippen molar-refractivity contribution in [1.82, 2.24) is 0 Å². The summed E-state index contributed by atoms with van der Waals surface area (Å²) in [5.74, 6) is -0.670.